The first kappa shape index (κ1) is 11.3. The number of fused-ring (bicyclic) bond motifs is 1. The molecule has 18 heavy (non-hydrogen) atoms. The molecule has 1 amide bonds. The number of carbonyl (C=O) groups excluding carboxylic acids is 1. The van der Waals surface area contributed by atoms with E-state index < -0.39 is 0 Å². The van der Waals surface area contributed by atoms with E-state index in [1.165, 1.54) is 6.33 Å². The molecule has 1 unspecified atom stereocenters. The summed E-state index contributed by atoms with van der Waals surface area (Å²) in [6.07, 6.45) is 1.81. The van der Waals surface area contributed by atoms with Gasteiger partial charge in [0, 0.05) is 23.9 Å². The van der Waals surface area contributed by atoms with E-state index in [4.69, 9.17) is 0 Å². The van der Waals surface area contributed by atoms with Gasteiger partial charge in [0.1, 0.15) is 0 Å². The molecule has 0 saturated carbocycles. The molecular formula is C12H11N3O2S. The van der Waals surface area contributed by atoms with Crippen LogP contribution in [0.5, 0.6) is 0 Å². The first-order chi connectivity index (χ1) is 8.65. The van der Waals surface area contributed by atoms with Gasteiger partial charge in [-0.15, -0.1) is 0 Å². The molecule has 1 atom stereocenters. The molecule has 3 rings (SSSR count). The molecule has 92 valence electrons. The Hall–Kier alpha value is -1.82. The molecule has 1 aromatic carbocycles. The predicted molar refractivity (Wildman–Crippen MR) is 72.1 cm³/mol. The number of amides is 1. The van der Waals surface area contributed by atoms with Gasteiger partial charge in [0.15, 0.2) is 0 Å². The highest BCUT2D eigenvalue weighted by Crippen LogP contribution is 2.25. The van der Waals surface area contributed by atoms with E-state index in [1.807, 2.05) is 0 Å². The van der Waals surface area contributed by atoms with Crippen molar-refractivity contribution < 1.29 is 4.79 Å². The maximum absolute atomic E-state index is 11.8. The summed E-state index contributed by atoms with van der Waals surface area (Å²) < 4.78 is 0. The van der Waals surface area contributed by atoms with Crippen molar-refractivity contribution in [2.45, 2.75) is 11.7 Å². The molecule has 0 radical (unpaired) electrons. The normalized spacial score (nSPS) is 19.7. The molecular weight excluding hydrogens is 250 g/mol. The topological polar surface area (TPSA) is 66.1 Å². The molecule has 2 heterocycles. The summed E-state index contributed by atoms with van der Waals surface area (Å²) in [6.45, 7) is 0.575. The van der Waals surface area contributed by atoms with Crippen molar-refractivity contribution in [3.63, 3.8) is 0 Å². The monoisotopic (exact) mass is 261 g/mol. The summed E-state index contributed by atoms with van der Waals surface area (Å²) in [5.41, 5.74) is 1.15. The number of aromatic nitrogens is 2. The Bertz CT molecular complexity index is 682. The Kier molecular flexibility index (Phi) is 2.59. The fourth-order valence-corrected chi connectivity index (χ4v) is 2.48. The molecule has 0 aliphatic carbocycles. The lowest BCUT2D eigenvalue weighted by atomic mass is 10.2. The summed E-state index contributed by atoms with van der Waals surface area (Å²) >= 11 is 4.31. The van der Waals surface area contributed by atoms with Gasteiger partial charge in [-0.25, -0.2) is 4.98 Å². The molecule has 5 nitrogen and oxygen atoms in total. The van der Waals surface area contributed by atoms with Gasteiger partial charge in [-0.1, -0.05) is 0 Å². The minimum Gasteiger partial charge on any atom is -0.313 e. The second kappa shape index (κ2) is 4.13. The van der Waals surface area contributed by atoms with Gasteiger partial charge < -0.3 is 9.88 Å². The summed E-state index contributed by atoms with van der Waals surface area (Å²) in [4.78, 5) is 31.7. The summed E-state index contributed by atoms with van der Waals surface area (Å²) in [7, 11) is 0. The summed E-state index contributed by atoms with van der Waals surface area (Å²) in [6, 6.07) is 5.25. The third kappa shape index (κ3) is 1.78. The van der Waals surface area contributed by atoms with E-state index in [2.05, 4.69) is 22.6 Å². The largest absolute Gasteiger partial charge is 0.313 e. The molecule has 2 aromatic rings. The Morgan fingerprint density at radius 3 is 2.94 bits per heavy atom. The predicted octanol–water partition coefficient (Wildman–Crippen LogP) is 0.958. The van der Waals surface area contributed by atoms with Crippen LogP contribution < -0.4 is 10.5 Å². The Balaban J connectivity index is 2.11. The van der Waals surface area contributed by atoms with Gasteiger partial charge in [0.2, 0.25) is 5.91 Å². The smallest absolute Gasteiger partial charge is 0.258 e. The standard InChI is InChI=1S/C12H11N3O2S/c16-11-4-8(18)5-15(11)7-1-2-10-9(3-7)12(17)14-6-13-10/h1-3,6,8,18H,4-5H2,(H,13,14,17). The van der Waals surface area contributed by atoms with Crippen molar-refractivity contribution in [3.8, 4) is 0 Å². The Morgan fingerprint density at radius 2 is 2.22 bits per heavy atom. The maximum atomic E-state index is 11.8. The van der Waals surface area contributed by atoms with Crippen molar-refractivity contribution in [2.24, 2.45) is 0 Å². The number of benzene rings is 1. The highest BCUT2D eigenvalue weighted by Gasteiger charge is 2.28. The van der Waals surface area contributed by atoms with Gasteiger partial charge in [-0.05, 0) is 18.2 Å². The number of thiol groups is 1. The summed E-state index contributed by atoms with van der Waals surface area (Å²) in [5, 5.41) is 0.547. The molecule has 1 aliphatic rings. The van der Waals surface area contributed by atoms with Crippen LogP contribution in [0.25, 0.3) is 10.9 Å². The molecule has 0 bridgehead atoms. The number of hydrogen-bond acceptors (Lipinski definition) is 4. The number of rotatable bonds is 1. The molecule has 1 fully saturated rings. The third-order valence-electron chi connectivity index (χ3n) is 3.04. The number of carbonyl (C=O) groups is 1. The zero-order chi connectivity index (χ0) is 12.7. The SMILES string of the molecule is O=C1CC(S)CN1c1ccc2nc[nH]c(=O)c2c1. The van der Waals surface area contributed by atoms with Gasteiger partial charge in [-0.3, -0.25) is 9.59 Å². The van der Waals surface area contributed by atoms with E-state index in [0.29, 0.717) is 23.9 Å². The van der Waals surface area contributed by atoms with E-state index in [9.17, 15) is 9.59 Å². The van der Waals surface area contributed by atoms with Gasteiger partial charge in [-0.2, -0.15) is 12.6 Å². The molecule has 6 heteroatoms. The van der Waals surface area contributed by atoms with Crippen LogP contribution in [0.15, 0.2) is 29.3 Å². The molecule has 1 aliphatic heterocycles. The van der Waals surface area contributed by atoms with Gasteiger partial charge >= 0.3 is 0 Å². The van der Waals surface area contributed by atoms with Gasteiger partial charge in [0.05, 0.1) is 17.2 Å². The van der Waals surface area contributed by atoms with Crippen molar-refractivity contribution in [1.82, 2.24) is 9.97 Å². The fraction of sp³-hybridized carbons (Fsp3) is 0.250. The second-order valence-electron chi connectivity index (χ2n) is 4.30. The number of hydrogen-bond donors (Lipinski definition) is 2. The number of nitrogens with one attached hydrogen (secondary N) is 1. The first-order valence-electron chi connectivity index (χ1n) is 5.61. The van der Waals surface area contributed by atoms with Crippen molar-refractivity contribution in [2.75, 3.05) is 11.4 Å². The van der Waals surface area contributed by atoms with E-state index in [0.717, 1.165) is 5.69 Å². The lowest BCUT2D eigenvalue weighted by Gasteiger charge is -2.16. The van der Waals surface area contributed by atoms with Crippen molar-refractivity contribution in [1.29, 1.82) is 0 Å². The van der Waals surface area contributed by atoms with Crippen LogP contribution in [0.3, 0.4) is 0 Å². The quantitative estimate of drug-likeness (QED) is 0.751. The van der Waals surface area contributed by atoms with E-state index >= 15 is 0 Å². The minimum absolute atomic E-state index is 0.0367. The highest BCUT2D eigenvalue weighted by molar-refractivity contribution is 7.81. The summed E-state index contributed by atoms with van der Waals surface area (Å²) in [5.74, 6) is 0.0367. The van der Waals surface area contributed by atoms with Crippen LogP contribution >= 0.6 is 12.6 Å². The van der Waals surface area contributed by atoms with Crippen molar-refractivity contribution in [3.05, 3.63) is 34.9 Å². The zero-order valence-corrected chi connectivity index (χ0v) is 10.4. The highest BCUT2D eigenvalue weighted by atomic mass is 32.1. The number of H-pyrrole nitrogens is 1. The van der Waals surface area contributed by atoms with Crippen LogP contribution in [0.4, 0.5) is 5.69 Å². The van der Waals surface area contributed by atoms with Crippen LogP contribution in [0, 0.1) is 0 Å². The van der Waals surface area contributed by atoms with Crippen molar-refractivity contribution >= 4 is 35.1 Å². The van der Waals surface area contributed by atoms with E-state index in [-0.39, 0.29) is 16.7 Å². The average Bonchev–Trinajstić information content (AvgIpc) is 2.69. The van der Waals surface area contributed by atoms with Gasteiger partial charge in [0.25, 0.3) is 5.56 Å². The fourth-order valence-electron chi connectivity index (χ4n) is 2.16. The average molecular weight is 261 g/mol. The maximum Gasteiger partial charge on any atom is 0.258 e. The molecule has 1 N–H and O–H groups in total. The van der Waals surface area contributed by atoms with Crippen LogP contribution in [0.2, 0.25) is 0 Å². The number of anilines is 1. The van der Waals surface area contributed by atoms with Crippen LogP contribution in [0.1, 0.15) is 6.42 Å². The second-order valence-corrected chi connectivity index (χ2v) is 5.03. The third-order valence-corrected chi connectivity index (χ3v) is 3.39. The number of aromatic amines is 1. The van der Waals surface area contributed by atoms with Crippen LogP contribution in [-0.4, -0.2) is 27.7 Å². The molecule has 1 saturated heterocycles. The van der Waals surface area contributed by atoms with Crippen LogP contribution in [-0.2, 0) is 4.79 Å². The zero-order valence-electron chi connectivity index (χ0n) is 9.46. The minimum atomic E-state index is -0.198. The first-order valence-corrected chi connectivity index (χ1v) is 6.12. The number of nitrogens with zero attached hydrogens (tertiary/aromatic N) is 2. The van der Waals surface area contributed by atoms with E-state index in [1.54, 1.807) is 23.1 Å². The Morgan fingerprint density at radius 1 is 1.39 bits per heavy atom. The molecule has 1 aromatic heterocycles. The Labute approximate surface area is 108 Å². The molecule has 0 spiro atoms. The lowest BCUT2D eigenvalue weighted by Crippen LogP contribution is -2.24. The lowest BCUT2D eigenvalue weighted by molar-refractivity contribution is -0.117.